The molecule has 0 aliphatic heterocycles. The van der Waals surface area contributed by atoms with Gasteiger partial charge in [-0.15, -0.1) is 0 Å². The summed E-state index contributed by atoms with van der Waals surface area (Å²) in [5.74, 6) is 0. The quantitative estimate of drug-likeness (QED) is 0.663. The Labute approximate surface area is 97.7 Å². The van der Waals surface area contributed by atoms with Gasteiger partial charge in [0.15, 0.2) is 0 Å². The number of rotatable bonds is 2. The van der Waals surface area contributed by atoms with Crippen LogP contribution in [0.4, 0.5) is 0 Å². The van der Waals surface area contributed by atoms with E-state index in [1.54, 1.807) is 0 Å². The summed E-state index contributed by atoms with van der Waals surface area (Å²) in [5.41, 5.74) is 2.83. The van der Waals surface area contributed by atoms with Crippen molar-refractivity contribution >= 4 is 24.1 Å². The average Bonchev–Trinajstić information content (AvgIpc) is 2.24. The van der Waals surface area contributed by atoms with Crippen LogP contribution in [0, 0.1) is 13.8 Å². The average molecular weight is 209 g/mol. The first-order valence-corrected chi connectivity index (χ1v) is 6.39. The molecule has 2 aromatic rings. The molecule has 0 aliphatic carbocycles. The molecule has 0 fully saturated rings. The van der Waals surface area contributed by atoms with E-state index in [1.165, 1.54) is 20.0 Å². The van der Waals surface area contributed by atoms with E-state index in [4.69, 9.17) is 0 Å². The van der Waals surface area contributed by atoms with Crippen LogP contribution in [0.15, 0.2) is 48.5 Å². The SMILES string of the molecule is Cc1cccc[c]1[Al+][c]1ccccc1C. The number of hydrogen-bond donors (Lipinski definition) is 0. The maximum atomic E-state index is 2.25. The van der Waals surface area contributed by atoms with Crippen LogP contribution >= 0.6 is 0 Å². The van der Waals surface area contributed by atoms with Gasteiger partial charge in [-0.3, -0.25) is 0 Å². The molecule has 0 saturated carbocycles. The van der Waals surface area contributed by atoms with Gasteiger partial charge in [0.1, 0.15) is 0 Å². The Bertz CT molecular complexity index is 417. The zero-order valence-corrected chi connectivity index (χ0v) is 10.4. The molecule has 15 heavy (non-hydrogen) atoms. The van der Waals surface area contributed by atoms with Crippen molar-refractivity contribution in [1.82, 2.24) is 0 Å². The third-order valence-corrected chi connectivity index (χ3v) is 4.61. The zero-order chi connectivity index (χ0) is 10.7. The van der Waals surface area contributed by atoms with Gasteiger partial charge in [0.05, 0.1) is 0 Å². The van der Waals surface area contributed by atoms with Gasteiger partial charge in [-0.2, -0.15) is 0 Å². The summed E-state index contributed by atoms with van der Waals surface area (Å²) < 4.78 is 3.01. The van der Waals surface area contributed by atoms with Crippen LogP contribution in [0.1, 0.15) is 11.1 Å². The van der Waals surface area contributed by atoms with Gasteiger partial charge in [0.25, 0.3) is 0 Å². The minimum atomic E-state index is 0.241. The van der Waals surface area contributed by atoms with Crippen molar-refractivity contribution in [3.63, 3.8) is 0 Å². The Morgan fingerprint density at radius 3 is 1.47 bits per heavy atom. The molecule has 0 spiro atoms. The van der Waals surface area contributed by atoms with E-state index in [0.717, 1.165) is 0 Å². The molecular formula is C14H14Al+. The fourth-order valence-corrected chi connectivity index (χ4v) is 3.06. The first kappa shape index (κ1) is 10.5. The van der Waals surface area contributed by atoms with Crippen LogP contribution in [-0.2, 0) is 0 Å². The monoisotopic (exact) mass is 209 g/mol. The second-order valence-electron chi connectivity index (χ2n) is 3.86. The predicted octanol–water partition coefficient (Wildman–Crippen LogP) is 1.96. The van der Waals surface area contributed by atoms with E-state index >= 15 is 0 Å². The van der Waals surface area contributed by atoms with Crippen molar-refractivity contribution in [2.45, 2.75) is 13.8 Å². The normalized spacial score (nSPS) is 9.73. The van der Waals surface area contributed by atoms with Gasteiger partial charge in [-0.05, 0) is 0 Å². The van der Waals surface area contributed by atoms with Crippen molar-refractivity contribution in [2.24, 2.45) is 0 Å². The van der Waals surface area contributed by atoms with Crippen LogP contribution < -0.4 is 8.85 Å². The molecule has 0 atom stereocenters. The summed E-state index contributed by atoms with van der Waals surface area (Å²) in [6, 6.07) is 17.4. The minimum absolute atomic E-state index is 0.241. The van der Waals surface area contributed by atoms with Crippen molar-refractivity contribution in [1.29, 1.82) is 0 Å². The van der Waals surface area contributed by atoms with Crippen LogP contribution in [0.2, 0.25) is 0 Å². The number of aryl methyl sites for hydroxylation is 2. The summed E-state index contributed by atoms with van der Waals surface area (Å²) in [7, 11) is 0. The van der Waals surface area contributed by atoms with Gasteiger partial charge >= 0.3 is 97.6 Å². The van der Waals surface area contributed by atoms with Gasteiger partial charge in [0, 0.05) is 0 Å². The molecule has 1 heteroatoms. The Morgan fingerprint density at radius 1 is 0.667 bits per heavy atom. The van der Waals surface area contributed by atoms with Gasteiger partial charge in [0.2, 0.25) is 0 Å². The van der Waals surface area contributed by atoms with E-state index in [2.05, 4.69) is 62.4 Å². The van der Waals surface area contributed by atoms with Gasteiger partial charge in [-0.1, -0.05) is 0 Å². The summed E-state index contributed by atoms with van der Waals surface area (Å²) >= 11 is 0.241. The van der Waals surface area contributed by atoms with E-state index in [9.17, 15) is 0 Å². The van der Waals surface area contributed by atoms with Crippen LogP contribution in [0.3, 0.4) is 0 Å². The molecule has 0 aromatic heterocycles. The fraction of sp³-hybridized carbons (Fsp3) is 0.143. The molecule has 0 aliphatic rings. The second kappa shape index (κ2) is 4.66. The van der Waals surface area contributed by atoms with E-state index in [1.807, 2.05) is 0 Å². The van der Waals surface area contributed by atoms with E-state index < -0.39 is 0 Å². The first-order chi connectivity index (χ1) is 7.27. The predicted molar refractivity (Wildman–Crippen MR) is 67.4 cm³/mol. The van der Waals surface area contributed by atoms with Crippen LogP contribution in [-0.4, -0.2) is 15.2 Å². The Morgan fingerprint density at radius 2 is 1.07 bits per heavy atom. The van der Waals surface area contributed by atoms with E-state index in [0.29, 0.717) is 0 Å². The third-order valence-electron chi connectivity index (χ3n) is 2.69. The van der Waals surface area contributed by atoms with Crippen LogP contribution in [0.5, 0.6) is 0 Å². The Hall–Kier alpha value is -1.03. The molecule has 0 nitrogen and oxygen atoms in total. The fourth-order valence-electron chi connectivity index (χ4n) is 1.67. The molecule has 0 saturated heterocycles. The summed E-state index contributed by atoms with van der Waals surface area (Å²) in [5, 5.41) is 0. The maximum absolute atomic E-state index is 2.25. The van der Waals surface area contributed by atoms with Crippen molar-refractivity contribution < 1.29 is 0 Å². The molecular weight excluding hydrogens is 195 g/mol. The van der Waals surface area contributed by atoms with Gasteiger partial charge < -0.3 is 0 Å². The van der Waals surface area contributed by atoms with Crippen molar-refractivity contribution in [3.05, 3.63) is 59.7 Å². The molecule has 0 amide bonds. The van der Waals surface area contributed by atoms with Crippen LogP contribution in [0.25, 0.3) is 0 Å². The molecule has 2 aromatic carbocycles. The molecule has 0 radical (unpaired) electrons. The molecule has 0 unspecified atom stereocenters. The Kier molecular flexibility index (Phi) is 3.26. The topological polar surface area (TPSA) is 0 Å². The van der Waals surface area contributed by atoms with E-state index in [-0.39, 0.29) is 15.2 Å². The van der Waals surface area contributed by atoms with Crippen molar-refractivity contribution in [3.8, 4) is 0 Å². The third kappa shape index (κ3) is 2.50. The number of benzene rings is 2. The second-order valence-corrected chi connectivity index (χ2v) is 5.39. The molecule has 2 rings (SSSR count). The molecule has 0 heterocycles. The van der Waals surface area contributed by atoms with Crippen molar-refractivity contribution in [2.75, 3.05) is 0 Å². The molecule has 0 bridgehead atoms. The van der Waals surface area contributed by atoms with Gasteiger partial charge in [-0.25, -0.2) is 0 Å². The molecule has 0 N–H and O–H groups in total. The summed E-state index contributed by atoms with van der Waals surface area (Å²) in [6.45, 7) is 4.39. The summed E-state index contributed by atoms with van der Waals surface area (Å²) in [4.78, 5) is 0. The summed E-state index contributed by atoms with van der Waals surface area (Å²) in [6.07, 6.45) is 0. The Balaban J connectivity index is 2.30. The number of hydrogen-bond acceptors (Lipinski definition) is 0. The zero-order valence-electron chi connectivity index (χ0n) is 9.20. The standard InChI is InChI=1S/2C7H7.Al/c2*1-7-5-3-2-4-6-7;/h2*2-5H,1H3;/q;;+1. The first-order valence-electron chi connectivity index (χ1n) is 5.23. The molecule has 72 valence electrons.